The highest BCUT2D eigenvalue weighted by Crippen LogP contribution is 2.34. The third-order valence-electron chi connectivity index (χ3n) is 2.66. The van der Waals surface area contributed by atoms with Crippen LogP contribution in [0.25, 0.3) is 0 Å². The van der Waals surface area contributed by atoms with Gasteiger partial charge >= 0.3 is 8.60 Å². The van der Waals surface area contributed by atoms with E-state index in [1.807, 2.05) is 0 Å². The van der Waals surface area contributed by atoms with Crippen LogP contribution in [0.3, 0.4) is 0 Å². The summed E-state index contributed by atoms with van der Waals surface area (Å²) in [5.41, 5.74) is 0. The summed E-state index contributed by atoms with van der Waals surface area (Å²) < 4.78 is 10.5. The Morgan fingerprint density at radius 3 is 2.31 bits per heavy atom. The van der Waals surface area contributed by atoms with Crippen molar-refractivity contribution >= 4 is 8.60 Å². The summed E-state index contributed by atoms with van der Waals surface area (Å²) >= 11 is 0. The summed E-state index contributed by atoms with van der Waals surface area (Å²) in [4.78, 5) is 9.47. The molecule has 0 aromatic heterocycles. The third-order valence-corrected chi connectivity index (χ3v) is 3.44. The molecule has 1 N–H and O–H groups in total. The first-order chi connectivity index (χ1) is 7.74. The number of hydrogen-bond donors (Lipinski definition) is 1. The maximum Gasteiger partial charge on any atom is 0.329 e. The van der Waals surface area contributed by atoms with Crippen LogP contribution in [-0.4, -0.2) is 18.1 Å². The lowest BCUT2D eigenvalue weighted by Crippen LogP contribution is -2.07. The standard InChI is InChI=1S/C12H27O3P/c1-4-7-9-12(6-3)11-15-16(13)14-10-8-5-2/h12-13H,4-11H2,1-3H3. The Morgan fingerprint density at radius 2 is 1.75 bits per heavy atom. The molecule has 0 aliphatic rings. The lowest BCUT2D eigenvalue weighted by molar-refractivity contribution is 0.167. The Bertz CT molecular complexity index is 144. The van der Waals surface area contributed by atoms with Crippen molar-refractivity contribution in [2.75, 3.05) is 13.2 Å². The number of hydrogen-bond acceptors (Lipinski definition) is 3. The van der Waals surface area contributed by atoms with E-state index in [0.717, 1.165) is 19.3 Å². The molecule has 0 heterocycles. The van der Waals surface area contributed by atoms with Gasteiger partial charge in [-0.15, -0.1) is 0 Å². The quantitative estimate of drug-likeness (QED) is 0.440. The van der Waals surface area contributed by atoms with E-state index >= 15 is 0 Å². The minimum Gasteiger partial charge on any atom is -0.328 e. The molecule has 4 heteroatoms. The van der Waals surface area contributed by atoms with Gasteiger partial charge in [-0.1, -0.05) is 46.5 Å². The van der Waals surface area contributed by atoms with Crippen molar-refractivity contribution in [3.63, 3.8) is 0 Å². The third kappa shape index (κ3) is 9.53. The van der Waals surface area contributed by atoms with Gasteiger partial charge in [-0.2, -0.15) is 0 Å². The van der Waals surface area contributed by atoms with Crippen LogP contribution in [-0.2, 0) is 9.05 Å². The van der Waals surface area contributed by atoms with Crippen LogP contribution in [0.15, 0.2) is 0 Å². The second-order valence-corrected chi connectivity index (χ2v) is 5.13. The average Bonchev–Trinajstić information content (AvgIpc) is 2.30. The first kappa shape index (κ1) is 16.3. The van der Waals surface area contributed by atoms with Gasteiger partial charge in [-0.3, -0.25) is 0 Å². The summed E-state index contributed by atoms with van der Waals surface area (Å²) in [6.07, 6.45) is 6.82. The van der Waals surface area contributed by atoms with E-state index in [0.29, 0.717) is 19.1 Å². The molecule has 0 bridgehead atoms. The van der Waals surface area contributed by atoms with Gasteiger partial charge in [0.2, 0.25) is 0 Å². The van der Waals surface area contributed by atoms with Crippen LogP contribution >= 0.6 is 8.60 Å². The zero-order valence-electron chi connectivity index (χ0n) is 10.9. The second kappa shape index (κ2) is 11.8. The highest BCUT2D eigenvalue weighted by atomic mass is 31.2. The van der Waals surface area contributed by atoms with E-state index in [1.165, 1.54) is 19.3 Å². The van der Waals surface area contributed by atoms with Gasteiger partial charge in [0.1, 0.15) is 0 Å². The molecule has 0 amide bonds. The van der Waals surface area contributed by atoms with Gasteiger partial charge in [-0.05, 0) is 18.8 Å². The lowest BCUT2D eigenvalue weighted by atomic mass is 10.0. The van der Waals surface area contributed by atoms with Crippen molar-refractivity contribution in [1.29, 1.82) is 0 Å². The first-order valence-electron chi connectivity index (χ1n) is 6.49. The average molecular weight is 250 g/mol. The fraction of sp³-hybridized carbons (Fsp3) is 1.00. The van der Waals surface area contributed by atoms with E-state index in [1.54, 1.807) is 0 Å². The summed E-state index contributed by atoms with van der Waals surface area (Å²) in [6.45, 7) is 7.69. The topological polar surface area (TPSA) is 38.7 Å². The fourth-order valence-electron chi connectivity index (χ4n) is 1.39. The van der Waals surface area contributed by atoms with E-state index in [2.05, 4.69) is 20.8 Å². The monoisotopic (exact) mass is 250 g/mol. The molecule has 98 valence electrons. The van der Waals surface area contributed by atoms with Crippen molar-refractivity contribution in [1.82, 2.24) is 0 Å². The van der Waals surface area contributed by atoms with Gasteiger partial charge < -0.3 is 13.9 Å². The number of unbranched alkanes of at least 4 members (excludes halogenated alkanes) is 2. The lowest BCUT2D eigenvalue weighted by Gasteiger charge is -2.16. The molecular formula is C12H27O3P. The van der Waals surface area contributed by atoms with Gasteiger partial charge in [-0.25, -0.2) is 0 Å². The highest BCUT2D eigenvalue weighted by molar-refractivity contribution is 7.40. The van der Waals surface area contributed by atoms with Crippen LogP contribution in [0, 0.1) is 5.92 Å². The van der Waals surface area contributed by atoms with Gasteiger partial charge in [0.05, 0.1) is 13.2 Å². The molecule has 0 radical (unpaired) electrons. The van der Waals surface area contributed by atoms with Crippen LogP contribution < -0.4 is 0 Å². The van der Waals surface area contributed by atoms with Crippen molar-refractivity contribution in [3.8, 4) is 0 Å². The molecule has 2 unspecified atom stereocenters. The molecular weight excluding hydrogens is 223 g/mol. The van der Waals surface area contributed by atoms with Crippen molar-refractivity contribution in [2.45, 2.75) is 59.3 Å². The van der Waals surface area contributed by atoms with Crippen LogP contribution in [0.1, 0.15) is 59.3 Å². The molecule has 2 atom stereocenters. The van der Waals surface area contributed by atoms with Crippen LogP contribution in [0.5, 0.6) is 0 Å². The Hall–Kier alpha value is 0.310. The molecule has 0 rings (SSSR count). The molecule has 0 saturated carbocycles. The summed E-state index contributed by atoms with van der Waals surface area (Å²) in [5.74, 6) is 0.562. The van der Waals surface area contributed by atoms with E-state index in [9.17, 15) is 4.89 Å². The summed E-state index contributed by atoms with van der Waals surface area (Å²) in [7, 11) is -1.65. The fourth-order valence-corrected chi connectivity index (χ4v) is 2.09. The molecule has 0 aliphatic heterocycles. The SMILES string of the molecule is CCCCOP(O)OCC(CC)CCCC. The smallest absolute Gasteiger partial charge is 0.328 e. The molecule has 0 saturated heterocycles. The predicted molar refractivity (Wildman–Crippen MR) is 69.3 cm³/mol. The maximum absolute atomic E-state index is 9.47. The molecule has 0 aliphatic carbocycles. The Morgan fingerprint density at radius 1 is 1.06 bits per heavy atom. The first-order valence-corrected chi connectivity index (χ1v) is 7.62. The van der Waals surface area contributed by atoms with Crippen molar-refractivity contribution < 1.29 is 13.9 Å². The zero-order valence-corrected chi connectivity index (χ0v) is 11.8. The maximum atomic E-state index is 9.47. The van der Waals surface area contributed by atoms with Crippen LogP contribution in [0.4, 0.5) is 0 Å². The predicted octanol–water partition coefficient (Wildman–Crippen LogP) is 4.26. The van der Waals surface area contributed by atoms with Crippen molar-refractivity contribution in [3.05, 3.63) is 0 Å². The summed E-state index contributed by atoms with van der Waals surface area (Å²) in [5, 5.41) is 0. The Kier molecular flexibility index (Phi) is 12.0. The normalized spacial score (nSPS) is 15.0. The molecule has 0 spiro atoms. The molecule has 0 aromatic rings. The molecule has 0 aromatic carbocycles. The van der Waals surface area contributed by atoms with E-state index in [4.69, 9.17) is 9.05 Å². The zero-order chi connectivity index (χ0) is 12.2. The molecule has 16 heavy (non-hydrogen) atoms. The van der Waals surface area contributed by atoms with E-state index in [-0.39, 0.29) is 0 Å². The van der Waals surface area contributed by atoms with Crippen molar-refractivity contribution in [2.24, 2.45) is 5.92 Å². The summed E-state index contributed by atoms with van der Waals surface area (Å²) in [6, 6.07) is 0. The second-order valence-electron chi connectivity index (χ2n) is 4.14. The molecule has 0 fully saturated rings. The highest BCUT2D eigenvalue weighted by Gasteiger charge is 2.11. The minimum absolute atomic E-state index is 0.562. The Balaban J connectivity index is 3.50. The van der Waals surface area contributed by atoms with Gasteiger partial charge in [0.25, 0.3) is 0 Å². The Labute approximate surface area is 102 Å². The van der Waals surface area contributed by atoms with Gasteiger partial charge in [0.15, 0.2) is 0 Å². The van der Waals surface area contributed by atoms with E-state index < -0.39 is 8.60 Å². The number of rotatable bonds is 11. The minimum atomic E-state index is -1.65. The van der Waals surface area contributed by atoms with Gasteiger partial charge in [0, 0.05) is 0 Å². The largest absolute Gasteiger partial charge is 0.329 e. The van der Waals surface area contributed by atoms with Crippen LogP contribution in [0.2, 0.25) is 0 Å². The molecule has 3 nitrogen and oxygen atoms in total.